The van der Waals surface area contributed by atoms with Crippen LogP contribution in [0.3, 0.4) is 0 Å². The van der Waals surface area contributed by atoms with Crippen LogP contribution in [0.1, 0.15) is 38.2 Å². The first kappa shape index (κ1) is 19.7. The fourth-order valence-electron chi connectivity index (χ4n) is 4.16. The maximum absolute atomic E-state index is 12.9. The number of rotatable bonds is 5. The van der Waals surface area contributed by atoms with Crippen molar-refractivity contribution in [2.75, 3.05) is 18.0 Å². The van der Waals surface area contributed by atoms with Gasteiger partial charge in [0.25, 0.3) is 0 Å². The van der Waals surface area contributed by atoms with Gasteiger partial charge in [-0.15, -0.1) is 10.2 Å². The van der Waals surface area contributed by atoms with E-state index in [4.69, 9.17) is 0 Å². The molecule has 2 heterocycles. The van der Waals surface area contributed by atoms with E-state index in [0.717, 1.165) is 46.7 Å². The zero-order chi connectivity index (χ0) is 20.5. The number of anilines is 1. The van der Waals surface area contributed by atoms with Gasteiger partial charge in [-0.1, -0.05) is 54.0 Å². The second kappa shape index (κ2) is 8.02. The van der Waals surface area contributed by atoms with Crippen LogP contribution >= 0.6 is 11.3 Å². The van der Waals surface area contributed by atoms with Crippen LogP contribution in [0.15, 0.2) is 24.3 Å². The third-order valence-corrected chi connectivity index (χ3v) is 6.78. The summed E-state index contributed by atoms with van der Waals surface area (Å²) in [6.45, 7) is 4.03. The summed E-state index contributed by atoms with van der Waals surface area (Å²) >= 11 is 1.33. The van der Waals surface area contributed by atoms with Gasteiger partial charge in [-0.25, -0.2) is 0 Å². The van der Waals surface area contributed by atoms with E-state index in [2.05, 4.69) is 10.2 Å². The van der Waals surface area contributed by atoms with Crippen LogP contribution in [0, 0.1) is 18.8 Å². The minimum Gasteiger partial charge on any atom is -0.285 e. The lowest BCUT2D eigenvalue weighted by molar-refractivity contribution is -0.143. The van der Waals surface area contributed by atoms with E-state index in [-0.39, 0.29) is 36.1 Å². The quantitative estimate of drug-likeness (QED) is 0.705. The minimum absolute atomic E-state index is 0.193. The Labute approximate surface area is 173 Å². The van der Waals surface area contributed by atoms with Gasteiger partial charge in [0.05, 0.1) is 11.8 Å². The summed E-state index contributed by atoms with van der Waals surface area (Å²) in [4.78, 5) is 40.9. The van der Waals surface area contributed by atoms with Crippen molar-refractivity contribution < 1.29 is 14.4 Å². The molecule has 2 aliphatic rings. The zero-order valence-corrected chi connectivity index (χ0v) is 17.4. The van der Waals surface area contributed by atoms with Crippen molar-refractivity contribution in [3.8, 4) is 10.6 Å². The second-order valence-corrected chi connectivity index (χ2v) is 8.61. The Bertz CT molecular complexity index is 916. The Balaban J connectivity index is 1.49. The highest BCUT2D eigenvalue weighted by atomic mass is 32.1. The van der Waals surface area contributed by atoms with E-state index < -0.39 is 0 Å². The van der Waals surface area contributed by atoms with Gasteiger partial charge in [0.1, 0.15) is 11.6 Å². The Morgan fingerprint density at radius 3 is 2.31 bits per heavy atom. The number of imide groups is 1. The summed E-state index contributed by atoms with van der Waals surface area (Å²) in [5, 5.41) is 9.60. The molecule has 1 saturated heterocycles. The average Bonchev–Trinajstić information content (AvgIpc) is 3.29. The number of carbonyl (C=O) groups is 3. The van der Waals surface area contributed by atoms with Crippen molar-refractivity contribution >= 4 is 34.2 Å². The number of likely N-dealkylation sites (tertiary alicyclic amines) is 1. The number of fused-ring (bicyclic) bond motifs is 1. The summed E-state index contributed by atoms with van der Waals surface area (Å²) in [5.41, 5.74) is 2.10. The maximum atomic E-state index is 12.9. The summed E-state index contributed by atoms with van der Waals surface area (Å²) in [5.74, 6) is -1.18. The Hall–Kier alpha value is -2.61. The molecular formula is C21H24N4O3S. The van der Waals surface area contributed by atoms with Gasteiger partial charge in [-0.2, -0.15) is 0 Å². The van der Waals surface area contributed by atoms with E-state index in [9.17, 15) is 14.4 Å². The lowest BCUT2D eigenvalue weighted by Crippen LogP contribution is -2.43. The number of amides is 3. The topological polar surface area (TPSA) is 83.5 Å². The molecule has 3 amide bonds. The Morgan fingerprint density at radius 2 is 1.72 bits per heavy atom. The first-order valence-electron chi connectivity index (χ1n) is 10.1. The fraction of sp³-hybridized carbons (Fsp3) is 0.476. The maximum Gasteiger partial charge on any atom is 0.248 e. The number of aryl methyl sites for hydroxylation is 1. The van der Waals surface area contributed by atoms with E-state index in [1.165, 1.54) is 16.2 Å². The van der Waals surface area contributed by atoms with E-state index >= 15 is 0 Å². The first-order valence-corrected chi connectivity index (χ1v) is 10.9. The monoisotopic (exact) mass is 412 g/mol. The molecule has 0 bridgehead atoms. The molecule has 1 aromatic carbocycles. The molecule has 1 aliphatic heterocycles. The van der Waals surface area contributed by atoms with Crippen molar-refractivity contribution in [3.63, 3.8) is 0 Å². The molecule has 29 heavy (non-hydrogen) atoms. The second-order valence-electron chi connectivity index (χ2n) is 7.65. The number of hydrogen-bond donors (Lipinski definition) is 0. The van der Waals surface area contributed by atoms with Crippen LogP contribution < -0.4 is 4.90 Å². The Kier molecular flexibility index (Phi) is 5.45. The van der Waals surface area contributed by atoms with Crippen molar-refractivity contribution in [2.45, 2.75) is 39.5 Å². The zero-order valence-electron chi connectivity index (χ0n) is 16.6. The van der Waals surface area contributed by atoms with Crippen LogP contribution in [0.5, 0.6) is 0 Å². The van der Waals surface area contributed by atoms with Crippen molar-refractivity contribution in [1.82, 2.24) is 15.1 Å². The molecule has 2 atom stereocenters. The molecule has 1 saturated carbocycles. The normalized spacial score (nSPS) is 21.4. The fourth-order valence-corrected chi connectivity index (χ4v) is 5.09. The molecule has 1 aliphatic carbocycles. The van der Waals surface area contributed by atoms with Crippen molar-refractivity contribution in [1.29, 1.82) is 0 Å². The largest absolute Gasteiger partial charge is 0.285 e. The lowest BCUT2D eigenvalue weighted by atomic mass is 9.81. The predicted molar refractivity (Wildman–Crippen MR) is 110 cm³/mol. The highest BCUT2D eigenvalue weighted by Crippen LogP contribution is 2.38. The number of aromatic nitrogens is 2. The standard InChI is InChI=1S/C21H24N4O3S/c1-3-24(21-23-22-18(29-21)14-10-8-13(2)9-11-14)17(26)12-25-19(27)15-6-4-5-7-16(15)20(25)28/h8-11,15-16H,3-7,12H2,1-2H3/t15-,16-/m0/s1. The number of hydrogen-bond acceptors (Lipinski definition) is 6. The van der Waals surface area contributed by atoms with E-state index in [1.54, 1.807) is 0 Å². The van der Waals surface area contributed by atoms with Gasteiger partial charge in [0.2, 0.25) is 22.9 Å². The van der Waals surface area contributed by atoms with Gasteiger partial charge in [0.15, 0.2) is 0 Å². The molecule has 0 unspecified atom stereocenters. The third-order valence-electron chi connectivity index (χ3n) is 5.79. The molecule has 4 rings (SSSR count). The highest BCUT2D eigenvalue weighted by molar-refractivity contribution is 7.18. The molecular weight excluding hydrogens is 388 g/mol. The van der Waals surface area contributed by atoms with Crippen molar-refractivity contribution in [3.05, 3.63) is 29.8 Å². The van der Waals surface area contributed by atoms with Crippen LogP contribution in [-0.2, 0) is 14.4 Å². The summed E-state index contributed by atoms with van der Waals surface area (Å²) in [6.07, 6.45) is 3.42. The minimum atomic E-state index is -0.306. The van der Waals surface area contributed by atoms with E-state index in [0.29, 0.717) is 11.7 Å². The summed E-state index contributed by atoms with van der Waals surface area (Å²) < 4.78 is 0. The molecule has 0 N–H and O–H groups in total. The molecule has 0 spiro atoms. The molecule has 2 fully saturated rings. The van der Waals surface area contributed by atoms with Gasteiger partial charge in [-0.3, -0.25) is 24.2 Å². The molecule has 2 aromatic rings. The summed E-state index contributed by atoms with van der Waals surface area (Å²) in [6, 6.07) is 7.95. The van der Waals surface area contributed by atoms with E-state index in [1.807, 2.05) is 38.1 Å². The average molecular weight is 413 g/mol. The Morgan fingerprint density at radius 1 is 1.10 bits per heavy atom. The molecule has 7 nitrogen and oxygen atoms in total. The van der Waals surface area contributed by atoms with Gasteiger partial charge in [-0.05, 0) is 26.7 Å². The summed E-state index contributed by atoms with van der Waals surface area (Å²) in [7, 11) is 0. The number of benzene rings is 1. The van der Waals surface area contributed by atoms with Crippen LogP contribution in [0.25, 0.3) is 10.6 Å². The van der Waals surface area contributed by atoms with Crippen molar-refractivity contribution in [2.24, 2.45) is 11.8 Å². The van der Waals surface area contributed by atoms with Gasteiger partial charge < -0.3 is 0 Å². The highest BCUT2D eigenvalue weighted by Gasteiger charge is 2.48. The smallest absolute Gasteiger partial charge is 0.248 e. The third kappa shape index (κ3) is 3.69. The molecule has 0 radical (unpaired) electrons. The van der Waals surface area contributed by atoms with Crippen LogP contribution in [-0.4, -0.2) is 45.9 Å². The number of carbonyl (C=O) groups excluding carboxylic acids is 3. The lowest BCUT2D eigenvalue weighted by Gasteiger charge is -2.21. The van der Waals surface area contributed by atoms with Crippen LogP contribution in [0.4, 0.5) is 5.13 Å². The first-order chi connectivity index (χ1) is 14.0. The molecule has 1 aromatic heterocycles. The molecule has 8 heteroatoms. The number of likely N-dealkylation sites (N-methyl/N-ethyl adjacent to an activating group) is 1. The molecule has 152 valence electrons. The van der Waals surface area contributed by atoms with Gasteiger partial charge >= 0.3 is 0 Å². The SMILES string of the molecule is CCN(C(=O)CN1C(=O)[C@H]2CCCC[C@@H]2C1=O)c1nnc(-c2ccc(C)cc2)s1. The number of nitrogens with zero attached hydrogens (tertiary/aromatic N) is 4. The predicted octanol–water partition coefficient (Wildman–Crippen LogP) is 3.04. The van der Waals surface area contributed by atoms with Gasteiger partial charge in [0, 0.05) is 12.1 Å². The van der Waals surface area contributed by atoms with Crippen LogP contribution in [0.2, 0.25) is 0 Å².